The number of amides is 2. The van der Waals surface area contributed by atoms with Crippen LogP contribution in [-0.2, 0) is 16.0 Å². The molecule has 1 heterocycles. The zero-order valence-electron chi connectivity index (χ0n) is 12.8. The zero-order chi connectivity index (χ0) is 16.4. The van der Waals surface area contributed by atoms with Crippen LogP contribution in [0.15, 0.2) is 48.5 Å². The topological polar surface area (TPSA) is 49.4 Å². The predicted molar refractivity (Wildman–Crippen MR) is 86.7 cm³/mol. The van der Waals surface area contributed by atoms with E-state index < -0.39 is 11.9 Å². The van der Waals surface area contributed by atoms with Crippen LogP contribution in [0.3, 0.4) is 0 Å². The van der Waals surface area contributed by atoms with Crippen molar-refractivity contribution >= 4 is 23.2 Å². The number of hydrogen-bond acceptors (Lipinski definition) is 3. The number of hydrogen-bond donors (Lipinski definition) is 1. The van der Waals surface area contributed by atoms with Gasteiger partial charge in [-0.2, -0.15) is 0 Å². The maximum Gasteiger partial charge on any atom is 0.256 e. The number of halogens is 1. The van der Waals surface area contributed by atoms with Crippen LogP contribution >= 0.6 is 0 Å². The number of anilines is 2. The first-order valence-corrected chi connectivity index (χ1v) is 7.56. The average molecular weight is 312 g/mol. The van der Waals surface area contributed by atoms with Crippen molar-refractivity contribution in [3.63, 3.8) is 0 Å². The van der Waals surface area contributed by atoms with E-state index in [0.717, 1.165) is 17.0 Å². The lowest BCUT2D eigenvalue weighted by Crippen LogP contribution is -2.34. The van der Waals surface area contributed by atoms with Gasteiger partial charge in [-0.15, -0.1) is 0 Å². The third kappa shape index (κ3) is 3.08. The van der Waals surface area contributed by atoms with Crippen LogP contribution in [-0.4, -0.2) is 17.9 Å². The molecule has 2 amide bonds. The molecule has 1 N–H and O–H groups in total. The predicted octanol–water partition coefficient (Wildman–Crippen LogP) is 3.13. The zero-order valence-corrected chi connectivity index (χ0v) is 12.8. The third-order valence-corrected chi connectivity index (χ3v) is 3.93. The standard InChI is InChI=1S/C18H17FN2O2/c1-2-12-3-7-14(8-4-12)20-16-11-17(22)21(18(16)23)15-9-5-13(19)6-10-15/h3-10,16,20H,2,11H2,1H3/t16-/m1/s1. The highest BCUT2D eigenvalue weighted by Gasteiger charge is 2.39. The minimum absolute atomic E-state index is 0.0890. The fraction of sp³-hybridized carbons (Fsp3) is 0.222. The molecule has 1 aliphatic heterocycles. The van der Waals surface area contributed by atoms with E-state index in [4.69, 9.17) is 0 Å². The Hall–Kier alpha value is -2.69. The van der Waals surface area contributed by atoms with Crippen molar-refractivity contribution in [2.45, 2.75) is 25.8 Å². The summed E-state index contributed by atoms with van der Waals surface area (Å²) >= 11 is 0. The van der Waals surface area contributed by atoms with Gasteiger partial charge in [0, 0.05) is 5.69 Å². The molecule has 0 aromatic heterocycles. The second-order valence-electron chi connectivity index (χ2n) is 5.50. The molecular formula is C18H17FN2O2. The van der Waals surface area contributed by atoms with Crippen molar-refractivity contribution in [2.24, 2.45) is 0 Å². The number of aryl methyl sites for hydroxylation is 1. The first-order chi connectivity index (χ1) is 11.1. The number of carbonyl (C=O) groups is 2. The SMILES string of the molecule is CCc1ccc(N[C@@H]2CC(=O)N(c3ccc(F)cc3)C2=O)cc1. The van der Waals surface area contributed by atoms with Crippen molar-refractivity contribution in [1.29, 1.82) is 0 Å². The van der Waals surface area contributed by atoms with E-state index in [1.807, 2.05) is 24.3 Å². The molecular weight excluding hydrogens is 295 g/mol. The summed E-state index contributed by atoms with van der Waals surface area (Å²) < 4.78 is 13.0. The van der Waals surface area contributed by atoms with Gasteiger partial charge in [0.15, 0.2) is 0 Å². The van der Waals surface area contributed by atoms with Gasteiger partial charge in [0.05, 0.1) is 12.1 Å². The van der Waals surface area contributed by atoms with Gasteiger partial charge in [-0.05, 0) is 48.4 Å². The summed E-state index contributed by atoms with van der Waals surface area (Å²) in [5.41, 5.74) is 2.40. The summed E-state index contributed by atoms with van der Waals surface area (Å²) in [4.78, 5) is 25.7. The van der Waals surface area contributed by atoms with Gasteiger partial charge < -0.3 is 5.32 Å². The lowest BCUT2D eigenvalue weighted by atomic mass is 10.1. The van der Waals surface area contributed by atoms with Crippen molar-refractivity contribution in [2.75, 3.05) is 10.2 Å². The smallest absolute Gasteiger partial charge is 0.256 e. The molecule has 2 aromatic rings. The summed E-state index contributed by atoms with van der Waals surface area (Å²) in [5.74, 6) is -1.01. The second-order valence-corrected chi connectivity index (χ2v) is 5.50. The molecule has 1 aliphatic rings. The van der Waals surface area contributed by atoms with E-state index in [-0.39, 0.29) is 18.2 Å². The lowest BCUT2D eigenvalue weighted by Gasteiger charge is -2.16. The van der Waals surface area contributed by atoms with Crippen LogP contribution in [0.2, 0.25) is 0 Å². The fourth-order valence-electron chi connectivity index (χ4n) is 2.64. The molecule has 3 rings (SSSR count). The fourth-order valence-corrected chi connectivity index (χ4v) is 2.64. The van der Waals surface area contributed by atoms with Crippen molar-refractivity contribution in [3.8, 4) is 0 Å². The van der Waals surface area contributed by atoms with E-state index in [2.05, 4.69) is 12.2 Å². The van der Waals surface area contributed by atoms with Gasteiger partial charge in [0.2, 0.25) is 5.91 Å². The molecule has 118 valence electrons. The maximum atomic E-state index is 13.0. The number of rotatable bonds is 4. The Bertz CT molecular complexity index is 726. The highest BCUT2D eigenvalue weighted by atomic mass is 19.1. The van der Waals surface area contributed by atoms with E-state index in [0.29, 0.717) is 5.69 Å². The number of nitrogens with zero attached hydrogens (tertiary/aromatic N) is 1. The molecule has 1 saturated heterocycles. The first kappa shape index (κ1) is 15.2. The van der Waals surface area contributed by atoms with Crippen LogP contribution < -0.4 is 10.2 Å². The molecule has 0 unspecified atom stereocenters. The Labute approximate surface area is 133 Å². The van der Waals surface area contributed by atoms with Crippen LogP contribution in [0.25, 0.3) is 0 Å². The minimum Gasteiger partial charge on any atom is -0.373 e. The van der Waals surface area contributed by atoms with E-state index >= 15 is 0 Å². The summed E-state index contributed by atoms with van der Waals surface area (Å²) in [7, 11) is 0. The summed E-state index contributed by atoms with van der Waals surface area (Å²) in [5, 5.41) is 3.10. The molecule has 1 atom stereocenters. The average Bonchev–Trinajstić information content (AvgIpc) is 2.83. The molecule has 5 heteroatoms. The molecule has 0 aliphatic carbocycles. The molecule has 0 bridgehead atoms. The van der Waals surface area contributed by atoms with Crippen LogP contribution in [0.4, 0.5) is 15.8 Å². The monoisotopic (exact) mass is 312 g/mol. The van der Waals surface area contributed by atoms with Crippen LogP contribution in [0.1, 0.15) is 18.9 Å². The molecule has 2 aromatic carbocycles. The maximum absolute atomic E-state index is 13.0. The minimum atomic E-state index is -0.597. The van der Waals surface area contributed by atoms with Gasteiger partial charge in [-0.1, -0.05) is 19.1 Å². The highest BCUT2D eigenvalue weighted by molar-refractivity contribution is 6.23. The quantitative estimate of drug-likeness (QED) is 0.882. The molecule has 0 radical (unpaired) electrons. The lowest BCUT2D eigenvalue weighted by molar-refractivity contribution is -0.121. The largest absolute Gasteiger partial charge is 0.373 e. The molecule has 23 heavy (non-hydrogen) atoms. The Balaban J connectivity index is 1.76. The Morgan fingerprint density at radius 3 is 2.35 bits per heavy atom. The van der Waals surface area contributed by atoms with Gasteiger partial charge >= 0.3 is 0 Å². The van der Waals surface area contributed by atoms with E-state index in [9.17, 15) is 14.0 Å². The Morgan fingerprint density at radius 1 is 1.09 bits per heavy atom. The number of carbonyl (C=O) groups excluding carboxylic acids is 2. The third-order valence-electron chi connectivity index (χ3n) is 3.93. The van der Waals surface area contributed by atoms with Gasteiger partial charge in [-0.3, -0.25) is 9.59 Å². The van der Waals surface area contributed by atoms with Gasteiger partial charge in [-0.25, -0.2) is 9.29 Å². The Kier molecular flexibility index (Phi) is 4.10. The van der Waals surface area contributed by atoms with Gasteiger partial charge in [0.25, 0.3) is 5.91 Å². The van der Waals surface area contributed by atoms with Crippen LogP contribution in [0, 0.1) is 5.82 Å². The van der Waals surface area contributed by atoms with Crippen molar-refractivity contribution in [1.82, 2.24) is 0 Å². The summed E-state index contributed by atoms with van der Waals surface area (Å²) in [6.45, 7) is 2.07. The van der Waals surface area contributed by atoms with Crippen LogP contribution in [0.5, 0.6) is 0 Å². The molecule has 1 fully saturated rings. The summed E-state index contributed by atoms with van der Waals surface area (Å²) in [6.07, 6.45) is 1.03. The van der Waals surface area contributed by atoms with Crippen molar-refractivity contribution < 1.29 is 14.0 Å². The summed E-state index contributed by atoms with van der Waals surface area (Å²) in [6, 6.07) is 12.5. The number of nitrogens with one attached hydrogen (secondary N) is 1. The number of benzene rings is 2. The van der Waals surface area contributed by atoms with Crippen molar-refractivity contribution in [3.05, 3.63) is 59.9 Å². The first-order valence-electron chi connectivity index (χ1n) is 7.56. The molecule has 0 spiro atoms. The van der Waals surface area contributed by atoms with Gasteiger partial charge in [0.1, 0.15) is 11.9 Å². The highest BCUT2D eigenvalue weighted by Crippen LogP contribution is 2.25. The van der Waals surface area contributed by atoms with E-state index in [1.165, 1.54) is 29.8 Å². The Morgan fingerprint density at radius 2 is 1.74 bits per heavy atom. The second kappa shape index (κ2) is 6.20. The van der Waals surface area contributed by atoms with E-state index in [1.54, 1.807) is 0 Å². The number of imide groups is 1. The molecule has 0 saturated carbocycles. The normalized spacial score (nSPS) is 17.7. The molecule has 4 nitrogen and oxygen atoms in total.